The maximum atomic E-state index is 14.3. The first-order valence-electron chi connectivity index (χ1n) is 6.88. The molecule has 0 aliphatic heterocycles. The van der Waals surface area contributed by atoms with Gasteiger partial charge in [0.1, 0.15) is 5.82 Å². The number of aryl methyl sites for hydroxylation is 1. The van der Waals surface area contributed by atoms with Gasteiger partial charge in [-0.2, -0.15) is 0 Å². The van der Waals surface area contributed by atoms with Gasteiger partial charge in [-0.1, -0.05) is 6.92 Å². The lowest BCUT2D eigenvalue weighted by Gasteiger charge is -2.12. The molecule has 1 aliphatic rings. The number of anilines is 1. The highest BCUT2D eigenvalue weighted by Gasteiger charge is 2.29. The Morgan fingerprint density at radius 1 is 1.45 bits per heavy atom. The van der Waals surface area contributed by atoms with E-state index in [1.807, 2.05) is 0 Å². The first-order chi connectivity index (χ1) is 9.56. The summed E-state index contributed by atoms with van der Waals surface area (Å²) < 4.78 is 15.9. The van der Waals surface area contributed by atoms with Crippen molar-refractivity contribution in [3.05, 3.63) is 23.5 Å². The normalized spacial score (nSPS) is 16.4. The van der Waals surface area contributed by atoms with Gasteiger partial charge in [0, 0.05) is 12.2 Å². The van der Waals surface area contributed by atoms with Crippen molar-refractivity contribution in [1.82, 2.24) is 20.2 Å². The summed E-state index contributed by atoms with van der Waals surface area (Å²) in [4.78, 5) is 0. The number of hydrogen-bond acceptors (Lipinski definition) is 4. The average Bonchev–Trinajstić information content (AvgIpc) is 3.15. The van der Waals surface area contributed by atoms with Gasteiger partial charge in [-0.05, 0) is 59.7 Å². The number of benzene rings is 1. The summed E-state index contributed by atoms with van der Waals surface area (Å²) >= 11 is 0. The Morgan fingerprint density at radius 2 is 2.20 bits per heavy atom. The molecule has 1 aromatic carbocycles. The minimum absolute atomic E-state index is 0.311. The highest BCUT2D eigenvalue weighted by atomic mass is 19.1. The Hall–Kier alpha value is -1.98. The number of nitrogens with zero attached hydrogens (tertiary/aromatic N) is 4. The van der Waals surface area contributed by atoms with Crippen LogP contribution in [0.4, 0.5) is 10.1 Å². The third-order valence-corrected chi connectivity index (χ3v) is 3.94. The second kappa shape index (κ2) is 4.85. The fourth-order valence-electron chi connectivity index (χ4n) is 2.57. The van der Waals surface area contributed by atoms with Gasteiger partial charge in [-0.15, -0.1) is 5.10 Å². The number of hydrogen-bond donors (Lipinski definition) is 1. The van der Waals surface area contributed by atoms with Gasteiger partial charge < -0.3 is 5.73 Å². The van der Waals surface area contributed by atoms with Crippen LogP contribution in [0.5, 0.6) is 0 Å². The summed E-state index contributed by atoms with van der Waals surface area (Å²) in [6, 6.07) is 3.20. The van der Waals surface area contributed by atoms with E-state index in [0.717, 1.165) is 5.92 Å². The van der Waals surface area contributed by atoms with Gasteiger partial charge in [-0.3, -0.25) is 0 Å². The average molecular weight is 275 g/mol. The van der Waals surface area contributed by atoms with E-state index in [1.54, 1.807) is 23.7 Å². The number of nitrogens with two attached hydrogens (primary N) is 1. The topological polar surface area (TPSA) is 69.6 Å². The van der Waals surface area contributed by atoms with Crippen LogP contribution < -0.4 is 5.73 Å². The molecule has 0 saturated heterocycles. The second-order valence-corrected chi connectivity index (χ2v) is 5.70. The third kappa shape index (κ3) is 2.37. The summed E-state index contributed by atoms with van der Waals surface area (Å²) in [7, 11) is 0. The van der Waals surface area contributed by atoms with Gasteiger partial charge in [0.15, 0.2) is 5.82 Å². The van der Waals surface area contributed by atoms with E-state index in [0.29, 0.717) is 35.1 Å². The Kier molecular flexibility index (Phi) is 3.16. The molecule has 0 amide bonds. The Bertz CT molecular complexity index is 632. The van der Waals surface area contributed by atoms with Gasteiger partial charge in [0.25, 0.3) is 0 Å². The van der Waals surface area contributed by atoms with E-state index in [4.69, 9.17) is 5.73 Å². The van der Waals surface area contributed by atoms with Gasteiger partial charge >= 0.3 is 0 Å². The SMILES string of the molecule is Cc1cc(N)cc(-c2nnnn2CC(C)C2CC2)c1F. The van der Waals surface area contributed by atoms with Crippen molar-refractivity contribution >= 4 is 5.69 Å². The molecular weight excluding hydrogens is 257 g/mol. The highest BCUT2D eigenvalue weighted by molar-refractivity contribution is 5.63. The Labute approximate surface area is 117 Å². The van der Waals surface area contributed by atoms with Gasteiger partial charge in [-0.25, -0.2) is 9.07 Å². The molecule has 106 valence electrons. The molecule has 0 spiro atoms. The van der Waals surface area contributed by atoms with E-state index in [2.05, 4.69) is 22.4 Å². The van der Waals surface area contributed by atoms with Gasteiger partial charge in [0.05, 0.1) is 5.56 Å². The van der Waals surface area contributed by atoms with Crippen LogP contribution in [-0.2, 0) is 6.54 Å². The van der Waals surface area contributed by atoms with E-state index in [1.165, 1.54) is 12.8 Å². The lowest BCUT2D eigenvalue weighted by atomic mass is 10.1. The molecule has 1 atom stereocenters. The molecule has 1 saturated carbocycles. The lowest BCUT2D eigenvalue weighted by Crippen LogP contribution is -2.12. The van der Waals surface area contributed by atoms with Crippen molar-refractivity contribution in [3.63, 3.8) is 0 Å². The smallest absolute Gasteiger partial charge is 0.185 e. The summed E-state index contributed by atoms with van der Waals surface area (Å²) in [5, 5.41) is 11.6. The summed E-state index contributed by atoms with van der Waals surface area (Å²) in [6.45, 7) is 4.58. The van der Waals surface area contributed by atoms with Gasteiger partial charge in [0.2, 0.25) is 0 Å². The molecule has 0 bridgehead atoms. The van der Waals surface area contributed by atoms with Crippen molar-refractivity contribution in [1.29, 1.82) is 0 Å². The fraction of sp³-hybridized carbons (Fsp3) is 0.500. The number of aromatic nitrogens is 4. The lowest BCUT2D eigenvalue weighted by molar-refractivity contribution is 0.402. The summed E-state index contributed by atoms with van der Waals surface area (Å²) in [6.07, 6.45) is 2.54. The zero-order valence-electron chi connectivity index (χ0n) is 11.7. The molecular formula is C14H18FN5. The van der Waals surface area contributed by atoms with E-state index < -0.39 is 0 Å². The van der Waals surface area contributed by atoms with Crippen molar-refractivity contribution in [2.45, 2.75) is 33.2 Å². The van der Waals surface area contributed by atoms with Crippen LogP contribution in [0.1, 0.15) is 25.3 Å². The predicted molar refractivity (Wildman–Crippen MR) is 74.2 cm³/mol. The molecule has 2 N–H and O–H groups in total. The number of nitrogen functional groups attached to an aromatic ring is 1. The van der Waals surface area contributed by atoms with E-state index in [-0.39, 0.29) is 5.82 Å². The van der Waals surface area contributed by atoms with Crippen LogP contribution in [0.2, 0.25) is 0 Å². The van der Waals surface area contributed by atoms with Crippen LogP contribution >= 0.6 is 0 Å². The van der Waals surface area contributed by atoms with Crippen LogP contribution in [0.25, 0.3) is 11.4 Å². The fourth-order valence-corrected chi connectivity index (χ4v) is 2.57. The molecule has 5 nitrogen and oxygen atoms in total. The van der Waals surface area contributed by atoms with Crippen molar-refractivity contribution < 1.29 is 4.39 Å². The van der Waals surface area contributed by atoms with Crippen LogP contribution in [0.3, 0.4) is 0 Å². The summed E-state index contributed by atoms with van der Waals surface area (Å²) in [5.41, 5.74) is 7.19. The number of rotatable bonds is 4. The molecule has 1 aliphatic carbocycles. The molecule has 1 heterocycles. The van der Waals surface area contributed by atoms with Crippen molar-refractivity contribution in [2.24, 2.45) is 11.8 Å². The van der Waals surface area contributed by atoms with E-state index >= 15 is 0 Å². The molecule has 0 radical (unpaired) electrons. The highest BCUT2D eigenvalue weighted by Crippen LogP contribution is 2.37. The Morgan fingerprint density at radius 3 is 2.90 bits per heavy atom. The first kappa shape index (κ1) is 13.0. The van der Waals surface area contributed by atoms with Crippen LogP contribution in [-0.4, -0.2) is 20.2 Å². The van der Waals surface area contributed by atoms with Crippen molar-refractivity contribution in [3.8, 4) is 11.4 Å². The molecule has 1 fully saturated rings. The molecule has 20 heavy (non-hydrogen) atoms. The van der Waals surface area contributed by atoms with E-state index in [9.17, 15) is 4.39 Å². The standard InChI is InChI=1S/C14H18FN5/c1-8-5-11(16)6-12(13(8)15)14-17-18-19-20(14)7-9(2)10-3-4-10/h5-6,9-10H,3-4,7,16H2,1-2H3. The quantitative estimate of drug-likeness (QED) is 0.870. The third-order valence-electron chi connectivity index (χ3n) is 3.94. The molecule has 1 unspecified atom stereocenters. The molecule has 2 aromatic rings. The first-order valence-corrected chi connectivity index (χ1v) is 6.88. The Balaban J connectivity index is 1.96. The maximum absolute atomic E-state index is 14.3. The summed E-state index contributed by atoms with van der Waals surface area (Å²) in [5.74, 6) is 1.39. The molecule has 6 heteroatoms. The number of halogens is 1. The van der Waals surface area contributed by atoms with Crippen LogP contribution in [0.15, 0.2) is 12.1 Å². The second-order valence-electron chi connectivity index (χ2n) is 5.70. The molecule has 3 rings (SSSR count). The van der Waals surface area contributed by atoms with Crippen molar-refractivity contribution in [2.75, 3.05) is 5.73 Å². The number of tetrazole rings is 1. The predicted octanol–water partition coefficient (Wildman–Crippen LogP) is 2.42. The zero-order valence-corrected chi connectivity index (χ0v) is 11.7. The zero-order chi connectivity index (χ0) is 14.3. The maximum Gasteiger partial charge on any atom is 0.185 e. The molecule has 1 aromatic heterocycles. The minimum Gasteiger partial charge on any atom is -0.399 e. The largest absolute Gasteiger partial charge is 0.399 e. The monoisotopic (exact) mass is 275 g/mol. The minimum atomic E-state index is -0.311. The van der Waals surface area contributed by atoms with Crippen LogP contribution in [0, 0.1) is 24.6 Å².